The molecule has 13 heavy (non-hydrogen) atoms. The van der Waals surface area contributed by atoms with E-state index in [9.17, 15) is 0 Å². The molecule has 1 aromatic rings. The summed E-state index contributed by atoms with van der Waals surface area (Å²) in [6, 6.07) is 10.6. The number of aliphatic hydroxyl groups excluding tert-OH is 1. The molecule has 2 heteroatoms. The van der Waals surface area contributed by atoms with Gasteiger partial charge in [-0.2, -0.15) is 0 Å². The zero-order chi connectivity index (χ0) is 10.1. The summed E-state index contributed by atoms with van der Waals surface area (Å²) in [5.41, 5.74) is 1.42. The van der Waals surface area contributed by atoms with Gasteiger partial charge in [0.2, 0.25) is 0 Å². The van der Waals surface area contributed by atoms with Gasteiger partial charge in [0.1, 0.15) is 0 Å². The van der Waals surface area contributed by atoms with E-state index in [1.54, 1.807) is 0 Å². The van der Waals surface area contributed by atoms with Gasteiger partial charge in [-0.3, -0.25) is 0 Å². The smallest absolute Gasteiger partial charge is 0.0319 e. The van der Waals surface area contributed by atoms with E-state index in [1.165, 1.54) is 5.56 Å². The number of rotatable bonds is 3. The summed E-state index contributed by atoms with van der Waals surface area (Å²) in [7, 11) is 5.20. The standard InChI is InChI=1S/C10H15N.CH4O/c1-11(2)9-8-10-6-4-3-5-7-10;1-2/h3-7H,8-9H2,1-2H3;2H,1H3. The molecule has 0 aliphatic rings. The average Bonchev–Trinajstić information content (AvgIpc) is 2.19. The van der Waals surface area contributed by atoms with E-state index in [-0.39, 0.29) is 0 Å². The molecule has 0 radical (unpaired) electrons. The zero-order valence-corrected chi connectivity index (χ0v) is 8.70. The molecule has 0 fully saturated rings. The van der Waals surface area contributed by atoms with Crippen LogP contribution in [-0.2, 0) is 6.42 Å². The third-order valence-electron chi connectivity index (χ3n) is 1.69. The molecule has 0 bridgehead atoms. The maximum atomic E-state index is 7.00. The first-order chi connectivity index (χ1) is 6.29. The first-order valence-corrected chi connectivity index (χ1v) is 4.42. The van der Waals surface area contributed by atoms with E-state index < -0.39 is 0 Å². The van der Waals surface area contributed by atoms with Crippen LogP contribution < -0.4 is 0 Å². The van der Waals surface area contributed by atoms with E-state index in [4.69, 9.17) is 5.11 Å². The lowest BCUT2D eigenvalue weighted by Crippen LogP contribution is -2.14. The Morgan fingerprint density at radius 2 is 1.62 bits per heavy atom. The van der Waals surface area contributed by atoms with Gasteiger partial charge in [-0.15, -0.1) is 0 Å². The maximum absolute atomic E-state index is 7.00. The van der Waals surface area contributed by atoms with Crippen LogP contribution in [0.15, 0.2) is 30.3 Å². The second-order valence-corrected chi connectivity index (χ2v) is 3.04. The van der Waals surface area contributed by atoms with E-state index in [0.717, 1.165) is 20.1 Å². The van der Waals surface area contributed by atoms with Crippen molar-refractivity contribution in [3.05, 3.63) is 35.9 Å². The lowest BCUT2D eigenvalue weighted by molar-refractivity contribution is 0.399. The largest absolute Gasteiger partial charge is 0.400 e. The number of benzene rings is 1. The fourth-order valence-corrected chi connectivity index (χ4v) is 0.997. The Morgan fingerprint density at radius 3 is 2.08 bits per heavy atom. The van der Waals surface area contributed by atoms with Gasteiger partial charge in [0.25, 0.3) is 0 Å². The molecule has 0 saturated heterocycles. The fraction of sp³-hybridized carbons (Fsp3) is 0.455. The third-order valence-corrected chi connectivity index (χ3v) is 1.69. The molecule has 0 aliphatic heterocycles. The number of hydrogen-bond donors (Lipinski definition) is 1. The van der Waals surface area contributed by atoms with Crippen LogP contribution in [0.3, 0.4) is 0 Å². The van der Waals surface area contributed by atoms with Crippen LogP contribution in [-0.4, -0.2) is 37.8 Å². The number of nitrogens with zero attached hydrogens (tertiary/aromatic N) is 1. The topological polar surface area (TPSA) is 23.5 Å². The predicted octanol–water partition coefficient (Wildman–Crippen LogP) is 1.40. The summed E-state index contributed by atoms with van der Waals surface area (Å²) in [5, 5.41) is 7.00. The maximum Gasteiger partial charge on any atom is 0.0319 e. The van der Waals surface area contributed by atoms with Crippen molar-refractivity contribution >= 4 is 0 Å². The Labute approximate surface area is 80.8 Å². The van der Waals surface area contributed by atoms with Crippen molar-refractivity contribution in [1.82, 2.24) is 4.90 Å². The van der Waals surface area contributed by atoms with Crippen molar-refractivity contribution in [2.24, 2.45) is 0 Å². The molecule has 1 N–H and O–H groups in total. The molecular formula is C11H19NO. The van der Waals surface area contributed by atoms with Crippen molar-refractivity contribution in [1.29, 1.82) is 0 Å². The van der Waals surface area contributed by atoms with Crippen LogP contribution in [0, 0.1) is 0 Å². The number of aliphatic hydroxyl groups is 1. The Bertz CT molecular complexity index is 197. The average molecular weight is 181 g/mol. The van der Waals surface area contributed by atoms with Crippen LogP contribution in [0.25, 0.3) is 0 Å². The number of hydrogen-bond acceptors (Lipinski definition) is 2. The molecule has 0 atom stereocenters. The van der Waals surface area contributed by atoms with Crippen molar-refractivity contribution < 1.29 is 5.11 Å². The molecule has 2 nitrogen and oxygen atoms in total. The summed E-state index contributed by atoms with van der Waals surface area (Å²) >= 11 is 0. The highest BCUT2D eigenvalue weighted by Crippen LogP contribution is 1.99. The summed E-state index contributed by atoms with van der Waals surface area (Å²) in [4.78, 5) is 2.20. The normalized spacial score (nSPS) is 9.31. The highest BCUT2D eigenvalue weighted by molar-refractivity contribution is 5.14. The zero-order valence-electron chi connectivity index (χ0n) is 8.70. The van der Waals surface area contributed by atoms with Gasteiger partial charge in [-0.05, 0) is 26.1 Å². The third kappa shape index (κ3) is 6.31. The molecule has 0 spiro atoms. The fourth-order valence-electron chi connectivity index (χ4n) is 0.997. The molecule has 1 aromatic carbocycles. The van der Waals surface area contributed by atoms with E-state index in [0.29, 0.717) is 0 Å². The van der Waals surface area contributed by atoms with E-state index in [1.807, 2.05) is 0 Å². The summed E-state index contributed by atoms with van der Waals surface area (Å²) in [6.07, 6.45) is 1.15. The van der Waals surface area contributed by atoms with Crippen LogP contribution in [0.5, 0.6) is 0 Å². The quantitative estimate of drug-likeness (QED) is 0.762. The number of likely N-dealkylation sites (N-methyl/N-ethyl adjacent to an activating group) is 1. The Hall–Kier alpha value is -0.860. The molecule has 0 amide bonds. The van der Waals surface area contributed by atoms with Crippen molar-refractivity contribution in [2.45, 2.75) is 6.42 Å². The Morgan fingerprint density at radius 1 is 1.08 bits per heavy atom. The first-order valence-electron chi connectivity index (χ1n) is 4.42. The second kappa shape index (κ2) is 7.77. The predicted molar refractivity (Wildman–Crippen MR) is 56.8 cm³/mol. The molecule has 0 unspecified atom stereocenters. The lowest BCUT2D eigenvalue weighted by atomic mass is 10.1. The van der Waals surface area contributed by atoms with Crippen LogP contribution >= 0.6 is 0 Å². The van der Waals surface area contributed by atoms with Crippen molar-refractivity contribution in [2.75, 3.05) is 27.7 Å². The summed E-state index contributed by atoms with van der Waals surface area (Å²) in [6.45, 7) is 1.13. The minimum atomic E-state index is 1.00. The van der Waals surface area contributed by atoms with Crippen LogP contribution in [0.1, 0.15) is 5.56 Å². The lowest BCUT2D eigenvalue weighted by Gasteiger charge is -2.08. The van der Waals surface area contributed by atoms with Gasteiger partial charge >= 0.3 is 0 Å². The molecule has 74 valence electrons. The highest BCUT2D eigenvalue weighted by atomic mass is 16.2. The van der Waals surface area contributed by atoms with Gasteiger partial charge < -0.3 is 10.0 Å². The molecular weight excluding hydrogens is 162 g/mol. The first kappa shape index (κ1) is 12.1. The van der Waals surface area contributed by atoms with Crippen LogP contribution in [0.4, 0.5) is 0 Å². The Kier molecular flexibility index (Phi) is 7.26. The molecule has 0 heterocycles. The van der Waals surface area contributed by atoms with Gasteiger partial charge in [0.15, 0.2) is 0 Å². The monoisotopic (exact) mass is 181 g/mol. The van der Waals surface area contributed by atoms with Crippen molar-refractivity contribution in [3.8, 4) is 0 Å². The summed E-state index contributed by atoms with van der Waals surface area (Å²) in [5.74, 6) is 0. The SMILES string of the molecule is CN(C)CCc1ccccc1.CO. The van der Waals surface area contributed by atoms with Gasteiger partial charge in [-0.25, -0.2) is 0 Å². The molecule has 1 rings (SSSR count). The van der Waals surface area contributed by atoms with Crippen molar-refractivity contribution in [3.63, 3.8) is 0 Å². The highest BCUT2D eigenvalue weighted by Gasteiger charge is 1.91. The Balaban J connectivity index is 0.000000671. The molecule has 0 aliphatic carbocycles. The van der Waals surface area contributed by atoms with Gasteiger partial charge in [-0.1, -0.05) is 30.3 Å². The van der Waals surface area contributed by atoms with Crippen LogP contribution in [0.2, 0.25) is 0 Å². The molecule has 0 saturated carbocycles. The van der Waals surface area contributed by atoms with Gasteiger partial charge in [0, 0.05) is 13.7 Å². The van der Waals surface area contributed by atoms with E-state index in [2.05, 4.69) is 49.3 Å². The minimum Gasteiger partial charge on any atom is -0.400 e. The minimum absolute atomic E-state index is 1.00. The van der Waals surface area contributed by atoms with Gasteiger partial charge in [0.05, 0.1) is 0 Å². The molecule has 0 aromatic heterocycles. The van der Waals surface area contributed by atoms with E-state index >= 15 is 0 Å². The second-order valence-electron chi connectivity index (χ2n) is 3.04. The summed E-state index contributed by atoms with van der Waals surface area (Å²) < 4.78 is 0.